The number of hydrogen-bond donors (Lipinski definition) is 3. The van der Waals surface area contributed by atoms with E-state index < -0.39 is 11.9 Å². The summed E-state index contributed by atoms with van der Waals surface area (Å²) < 4.78 is 4.85. The number of aromatic nitrogens is 2. The van der Waals surface area contributed by atoms with Crippen LogP contribution in [0.4, 0.5) is 17.2 Å². The molecule has 1 aliphatic rings. The molecule has 31 heavy (non-hydrogen) atoms. The lowest BCUT2D eigenvalue weighted by atomic mass is 9.86. The van der Waals surface area contributed by atoms with Crippen LogP contribution in [0.2, 0.25) is 0 Å². The average molecular weight is 418 g/mol. The average Bonchev–Trinajstić information content (AvgIpc) is 3.12. The van der Waals surface area contributed by atoms with Crippen molar-refractivity contribution in [3.8, 4) is 11.3 Å². The third kappa shape index (κ3) is 4.18. The van der Waals surface area contributed by atoms with Crippen molar-refractivity contribution in [2.75, 3.05) is 17.7 Å². The van der Waals surface area contributed by atoms with E-state index in [2.05, 4.69) is 20.6 Å². The highest BCUT2D eigenvalue weighted by Gasteiger charge is 2.35. The highest BCUT2D eigenvalue weighted by molar-refractivity contribution is 6.09. The summed E-state index contributed by atoms with van der Waals surface area (Å²) in [4.78, 5) is 44.1. The van der Waals surface area contributed by atoms with Gasteiger partial charge in [0.1, 0.15) is 5.82 Å². The summed E-state index contributed by atoms with van der Waals surface area (Å²) >= 11 is 0. The van der Waals surface area contributed by atoms with Gasteiger partial charge >= 0.3 is 5.97 Å². The molecular weight excluding hydrogens is 396 g/mol. The van der Waals surface area contributed by atoms with E-state index in [-0.39, 0.29) is 18.1 Å². The number of hydrogen-bond acceptors (Lipinski definition) is 6. The van der Waals surface area contributed by atoms with Gasteiger partial charge in [-0.05, 0) is 24.3 Å². The number of ether oxygens (including phenoxy) is 1. The molecular formula is C23H22N4O4. The minimum absolute atomic E-state index is 0.0912. The van der Waals surface area contributed by atoms with Gasteiger partial charge in [0, 0.05) is 42.9 Å². The van der Waals surface area contributed by atoms with Gasteiger partial charge in [0.15, 0.2) is 5.78 Å². The number of para-hydroxylation sites is 1. The van der Waals surface area contributed by atoms with Crippen molar-refractivity contribution in [1.29, 1.82) is 0 Å². The lowest BCUT2D eigenvalue weighted by Gasteiger charge is -2.20. The SMILES string of the molecule is COC(=O)C1CC(=O)c2c([nH]c(-c3ccnc(NC(C)=O)c3)c2Nc2ccccc2)C1. The van der Waals surface area contributed by atoms with E-state index in [1.54, 1.807) is 18.3 Å². The first-order valence-corrected chi connectivity index (χ1v) is 9.88. The van der Waals surface area contributed by atoms with E-state index >= 15 is 0 Å². The minimum atomic E-state index is -0.520. The van der Waals surface area contributed by atoms with Gasteiger partial charge in [-0.3, -0.25) is 14.4 Å². The zero-order valence-corrected chi connectivity index (χ0v) is 17.2. The number of esters is 1. The van der Waals surface area contributed by atoms with Crippen LogP contribution in [0.25, 0.3) is 11.3 Å². The molecule has 158 valence electrons. The molecule has 2 heterocycles. The first-order chi connectivity index (χ1) is 15.0. The van der Waals surface area contributed by atoms with E-state index in [9.17, 15) is 14.4 Å². The van der Waals surface area contributed by atoms with Gasteiger partial charge in [-0.25, -0.2) is 4.98 Å². The maximum Gasteiger partial charge on any atom is 0.309 e. The molecule has 0 spiro atoms. The Morgan fingerprint density at radius 1 is 1.16 bits per heavy atom. The van der Waals surface area contributed by atoms with Crippen LogP contribution in [0, 0.1) is 5.92 Å². The Hall–Kier alpha value is -3.94. The summed E-state index contributed by atoms with van der Waals surface area (Å²) in [6.07, 6.45) is 2.06. The number of ketones is 1. The number of Topliss-reactive ketones (excluding diaryl/α,β-unsaturated/α-hetero) is 1. The second-order valence-electron chi connectivity index (χ2n) is 7.38. The fourth-order valence-corrected chi connectivity index (χ4v) is 3.83. The smallest absolute Gasteiger partial charge is 0.309 e. The van der Waals surface area contributed by atoms with Crippen LogP contribution in [-0.2, 0) is 20.7 Å². The van der Waals surface area contributed by atoms with E-state index in [1.807, 2.05) is 30.3 Å². The number of nitrogens with one attached hydrogen (secondary N) is 3. The first-order valence-electron chi connectivity index (χ1n) is 9.88. The number of anilines is 3. The van der Waals surface area contributed by atoms with E-state index in [4.69, 9.17) is 4.74 Å². The van der Waals surface area contributed by atoms with Gasteiger partial charge in [0.25, 0.3) is 0 Å². The van der Waals surface area contributed by atoms with Gasteiger partial charge in [-0.15, -0.1) is 0 Å². The van der Waals surface area contributed by atoms with Crippen LogP contribution < -0.4 is 10.6 Å². The van der Waals surface area contributed by atoms with Gasteiger partial charge < -0.3 is 20.4 Å². The standard InChI is InChI=1S/C23H22N4O4/c1-13(28)25-19-12-14(8-9-24-19)21-22(26-16-6-4-3-5-7-16)20-17(27-21)10-15(11-18(20)29)23(30)31-2/h3-9,12,15,26-27H,10-11H2,1-2H3,(H,24,25,28). The van der Waals surface area contributed by atoms with E-state index in [0.717, 1.165) is 11.3 Å². The zero-order chi connectivity index (χ0) is 22.0. The van der Waals surface area contributed by atoms with Crippen molar-refractivity contribution in [2.24, 2.45) is 5.92 Å². The Bertz CT molecular complexity index is 1150. The summed E-state index contributed by atoms with van der Waals surface area (Å²) in [5.41, 5.74) is 4.10. The highest BCUT2D eigenvalue weighted by Crippen LogP contribution is 2.40. The molecule has 1 unspecified atom stereocenters. The quantitative estimate of drug-likeness (QED) is 0.545. The molecule has 0 saturated heterocycles. The van der Waals surface area contributed by atoms with Crippen molar-refractivity contribution >= 4 is 34.9 Å². The van der Waals surface area contributed by atoms with Crippen LogP contribution in [0.15, 0.2) is 48.7 Å². The normalized spacial score (nSPS) is 15.2. The topological polar surface area (TPSA) is 113 Å². The number of carbonyl (C=O) groups excluding carboxylic acids is 3. The van der Waals surface area contributed by atoms with Crippen molar-refractivity contribution in [3.05, 3.63) is 59.9 Å². The molecule has 1 atom stereocenters. The number of nitrogens with zero attached hydrogens (tertiary/aromatic N) is 1. The maximum atomic E-state index is 13.0. The summed E-state index contributed by atoms with van der Waals surface area (Å²) in [5, 5.41) is 6.02. The molecule has 0 saturated carbocycles. The number of rotatable bonds is 5. The number of pyridine rings is 1. The van der Waals surface area contributed by atoms with Crippen molar-refractivity contribution in [1.82, 2.24) is 9.97 Å². The van der Waals surface area contributed by atoms with Crippen molar-refractivity contribution in [2.45, 2.75) is 19.8 Å². The zero-order valence-electron chi connectivity index (χ0n) is 17.2. The maximum absolute atomic E-state index is 13.0. The molecule has 8 nitrogen and oxygen atoms in total. The molecule has 1 amide bonds. The Labute approximate surface area is 179 Å². The lowest BCUT2D eigenvalue weighted by Crippen LogP contribution is -2.27. The third-order valence-electron chi connectivity index (χ3n) is 5.17. The van der Waals surface area contributed by atoms with Crippen LogP contribution >= 0.6 is 0 Å². The number of fused-ring (bicyclic) bond motifs is 1. The van der Waals surface area contributed by atoms with Crippen LogP contribution in [-0.4, -0.2) is 34.7 Å². The molecule has 1 aromatic carbocycles. The molecule has 8 heteroatoms. The summed E-state index contributed by atoms with van der Waals surface area (Å²) in [5.74, 6) is -0.872. The Morgan fingerprint density at radius 2 is 1.94 bits per heavy atom. The molecule has 0 aliphatic heterocycles. The third-order valence-corrected chi connectivity index (χ3v) is 5.17. The summed E-state index contributed by atoms with van der Waals surface area (Å²) in [6, 6.07) is 13.0. The van der Waals surface area contributed by atoms with Crippen LogP contribution in [0.3, 0.4) is 0 Å². The number of aromatic amines is 1. The second kappa shape index (κ2) is 8.43. The van der Waals surface area contributed by atoms with Crippen molar-refractivity contribution < 1.29 is 19.1 Å². The molecule has 4 rings (SSSR count). The highest BCUT2D eigenvalue weighted by atomic mass is 16.5. The number of methoxy groups -OCH3 is 1. The Morgan fingerprint density at radius 3 is 2.65 bits per heavy atom. The largest absolute Gasteiger partial charge is 0.469 e. The number of benzene rings is 1. The van der Waals surface area contributed by atoms with Crippen LogP contribution in [0.5, 0.6) is 0 Å². The lowest BCUT2D eigenvalue weighted by molar-refractivity contribution is -0.145. The second-order valence-corrected chi connectivity index (χ2v) is 7.38. The van der Waals surface area contributed by atoms with Gasteiger partial charge in [-0.1, -0.05) is 18.2 Å². The van der Waals surface area contributed by atoms with Gasteiger partial charge in [-0.2, -0.15) is 0 Å². The minimum Gasteiger partial charge on any atom is -0.469 e. The van der Waals surface area contributed by atoms with Gasteiger partial charge in [0.05, 0.1) is 30.0 Å². The number of amides is 1. The molecule has 0 bridgehead atoms. The predicted molar refractivity (Wildman–Crippen MR) is 116 cm³/mol. The monoisotopic (exact) mass is 418 g/mol. The fraction of sp³-hybridized carbons (Fsp3) is 0.217. The summed E-state index contributed by atoms with van der Waals surface area (Å²) in [7, 11) is 1.32. The molecule has 3 aromatic rings. The fourth-order valence-electron chi connectivity index (χ4n) is 3.83. The van der Waals surface area contributed by atoms with E-state index in [0.29, 0.717) is 34.9 Å². The first kappa shape index (κ1) is 20.3. The number of H-pyrrole nitrogens is 1. The van der Waals surface area contributed by atoms with E-state index in [1.165, 1.54) is 14.0 Å². The Balaban J connectivity index is 1.82. The molecule has 0 fully saturated rings. The summed E-state index contributed by atoms with van der Waals surface area (Å²) in [6.45, 7) is 1.41. The number of carbonyl (C=O) groups is 3. The molecule has 3 N–H and O–H groups in total. The van der Waals surface area contributed by atoms with Crippen LogP contribution in [0.1, 0.15) is 29.4 Å². The molecule has 2 aromatic heterocycles. The Kier molecular flexibility index (Phi) is 5.53. The van der Waals surface area contributed by atoms with Crippen molar-refractivity contribution in [3.63, 3.8) is 0 Å². The predicted octanol–water partition coefficient (Wildman–Crippen LogP) is 3.70. The van der Waals surface area contributed by atoms with Gasteiger partial charge in [0.2, 0.25) is 5.91 Å². The molecule has 1 aliphatic carbocycles. The molecule has 0 radical (unpaired) electrons.